The zero-order valence-corrected chi connectivity index (χ0v) is 9.93. The van der Waals surface area contributed by atoms with E-state index in [-0.39, 0.29) is 6.04 Å². The van der Waals surface area contributed by atoms with Crippen LogP contribution in [0.3, 0.4) is 0 Å². The van der Waals surface area contributed by atoms with Crippen LogP contribution in [-0.4, -0.2) is 22.2 Å². The first-order valence-corrected chi connectivity index (χ1v) is 6.12. The SMILES string of the molecule is CCC(N)Cc1cn(COCC2CC2)cn1. The van der Waals surface area contributed by atoms with E-state index in [1.165, 1.54) is 12.8 Å². The van der Waals surface area contributed by atoms with Gasteiger partial charge in [-0.25, -0.2) is 4.98 Å². The molecule has 0 aromatic carbocycles. The number of imidazole rings is 1. The molecular formula is C12H21N3O. The highest BCUT2D eigenvalue weighted by Gasteiger charge is 2.21. The van der Waals surface area contributed by atoms with Gasteiger partial charge in [-0.1, -0.05) is 6.92 Å². The smallest absolute Gasteiger partial charge is 0.123 e. The standard InChI is InChI=1S/C12H21N3O/c1-2-11(13)5-12-6-15(8-14-12)9-16-7-10-3-4-10/h6,8,10-11H,2-5,7,9,13H2,1H3. The van der Waals surface area contributed by atoms with E-state index in [4.69, 9.17) is 10.5 Å². The highest BCUT2D eigenvalue weighted by molar-refractivity contribution is 4.98. The molecule has 0 saturated heterocycles. The van der Waals surface area contributed by atoms with Crippen LogP contribution >= 0.6 is 0 Å². The molecule has 90 valence electrons. The number of hydrogen-bond acceptors (Lipinski definition) is 3. The Labute approximate surface area is 96.8 Å². The summed E-state index contributed by atoms with van der Waals surface area (Å²) in [5.41, 5.74) is 6.94. The van der Waals surface area contributed by atoms with Gasteiger partial charge in [-0.05, 0) is 25.2 Å². The van der Waals surface area contributed by atoms with Gasteiger partial charge in [0.1, 0.15) is 6.73 Å². The van der Waals surface area contributed by atoms with Gasteiger partial charge in [0.05, 0.1) is 18.6 Å². The summed E-state index contributed by atoms with van der Waals surface area (Å²) in [5.74, 6) is 0.816. The van der Waals surface area contributed by atoms with Crippen LogP contribution in [0.4, 0.5) is 0 Å². The average molecular weight is 223 g/mol. The largest absolute Gasteiger partial charge is 0.360 e. The molecule has 0 radical (unpaired) electrons. The third-order valence-electron chi connectivity index (χ3n) is 2.97. The summed E-state index contributed by atoms with van der Waals surface area (Å²) in [6.07, 6.45) is 8.37. The van der Waals surface area contributed by atoms with Crippen LogP contribution < -0.4 is 5.73 Å². The first kappa shape index (κ1) is 11.6. The van der Waals surface area contributed by atoms with Crippen LogP contribution in [0.2, 0.25) is 0 Å². The number of aromatic nitrogens is 2. The maximum atomic E-state index is 5.88. The minimum absolute atomic E-state index is 0.218. The van der Waals surface area contributed by atoms with E-state index in [0.717, 1.165) is 31.1 Å². The Morgan fingerprint density at radius 3 is 3.12 bits per heavy atom. The van der Waals surface area contributed by atoms with Crippen molar-refractivity contribution in [2.45, 2.75) is 45.4 Å². The van der Waals surface area contributed by atoms with Crippen molar-refractivity contribution >= 4 is 0 Å². The van der Waals surface area contributed by atoms with Crippen molar-refractivity contribution in [3.8, 4) is 0 Å². The third kappa shape index (κ3) is 3.61. The molecule has 2 rings (SSSR count). The van der Waals surface area contributed by atoms with E-state index in [1.54, 1.807) is 0 Å². The Bertz CT molecular complexity index is 320. The van der Waals surface area contributed by atoms with Crippen molar-refractivity contribution in [2.75, 3.05) is 6.61 Å². The maximum Gasteiger partial charge on any atom is 0.123 e. The predicted molar refractivity (Wildman–Crippen MR) is 62.9 cm³/mol. The molecule has 2 N–H and O–H groups in total. The lowest BCUT2D eigenvalue weighted by atomic mass is 10.1. The zero-order chi connectivity index (χ0) is 11.4. The van der Waals surface area contributed by atoms with Gasteiger partial charge in [-0.2, -0.15) is 0 Å². The van der Waals surface area contributed by atoms with E-state index in [2.05, 4.69) is 11.9 Å². The zero-order valence-electron chi connectivity index (χ0n) is 9.93. The van der Waals surface area contributed by atoms with Gasteiger partial charge in [-0.15, -0.1) is 0 Å². The summed E-state index contributed by atoms with van der Waals surface area (Å²) in [5, 5.41) is 0. The van der Waals surface area contributed by atoms with Crippen molar-refractivity contribution in [1.29, 1.82) is 0 Å². The molecular weight excluding hydrogens is 202 g/mol. The normalized spacial score (nSPS) is 17.6. The molecule has 1 aliphatic rings. The summed E-state index contributed by atoms with van der Waals surface area (Å²) in [4.78, 5) is 4.32. The van der Waals surface area contributed by atoms with Crippen molar-refractivity contribution in [2.24, 2.45) is 11.7 Å². The first-order valence-electron chi connectivity index (χ1n) is 6.12. The molecule has 4 heteroatoms. The first-order chi connectivity index (χ1) is 7.78. The number of rotatable bonds is 7. The molecule has 1 atom stereocenters. The molecule has 1 heterocycles. The number of nitrogens with two attached hydrogens (primary N) is 1. The Morgan fingerprint density at radius 2 is 2.44 bits per heavy atom. The molecule has 1 aliphatic carbocycles. The van der Waals surface area contributed by atoms with Crippen molar-refractivity contribution < 1.29 is 4.74 Å². The van der Waals surface area contributed by atoms with Gasteiger partial charge in [-0.3, -0.25) is 0 Å². The fraction of sp³-hybridized carbons (Fsp3) is 0.750. The molecule has 16 heavy (non-hydrogen) atoms. The van der Waals surface area contributed by atoms with Crippen LogP contribution in [0.15, 0.2) is 12.5 Å². The second-order valence-electron chi connectivity index (χ2n) is 4.69. The Hall–Kier alpha value is -0.870. The second kappa shape index (κ2) is 5.46. The van der Waals surface area contributed by atoms with Gasteiger partial charge in [0.15, 0.2) is 0 Å². The number of hydrogen-bond donors (Lipinski definition) is 1. The second-order valence-corrected chi connectivity index (χ2v) is 4.69. The fourth-order valence-corrected chi connectivity index (χ4v) is 1.60. The van der Waals surface area contributed by atoms with Crippen LogP contribution in [0.1, 0.15) is 31.9 Å². The average Bonchev–Trinajstić information content (AvgIpc) is 2.99. The van der Waals surface area contributed by atoms with E-state index in [0.29, 0.717) is 6.73 Å². The lowest BCUT2D eigenvalue weighted by Crippen LogP contribution is -2.21. The van der Waals surface area contributed by atoms with Crippen molar-refractivity contribution in [3.05, 3.63) is 18.2 Å². The van der Waals surface area contributed by atoms with E-state index < -0.39 is 0 Å². The quantitative estimate of drug-likeness (QED) is 0.763. The number of ether oxygens (including phenoxy) is 1. The highest BCUT2D eigenvalue weighted by atomic mass is 16.5. The molecule has 1 fully saturated rings. The minimum Gasteiger partial charge on any atom is -0.360 e. The van der Waals surface area contributed by atoms with Crippen LogP contribution in [0, 0.1) is 5.92 Å². The Kier molecular flexibility index (Phi) is 3.96. The predicted octanol–water partition coefficient (Wildman–Crippen LogP) is 1.55. The molecule has 0 spiro atoms. The van der Waals surface area contributed by atoms with Crippen LogP contribution in [0.5, 0.6) is 0 Å². The van der Waals surface area contributed by atoms with E-state index in [1.807, 2.05) is 17.1 Å². The molecule has 0 bridgehead atoms. The summed E-state index contributed by atoms with van der Waals surface area (Å²) in [6, 6.07) is 0.218. The molecule has 4 nitrogen and oxygen atoms in total. The third-order valence-corrected chi connectivity index (χ3v) is 2.97. The highest BCUT2D eigenvalue weighted by Crippen LogP contribution is 2.28. The monoisotopic (exact) mass is 223 g/mol. The Morgan fingerprint density at radius 1 is 1.62 bits per heavy atom. The van der Waals surface area contributed by atoms with Gasteiger partial charge in [0.2, 0.25) is 0 Å². The summed E-state index contributed by atoms with van der Waals surface area (Å²) >= 11 is 0. The van der Waals surface area contributed by atoms with Gasteiger partial charge in [0, 0.05) is 18.7 Å². The van der Waals surface area contributed by atoms with Gasteiger partial charge >= 0.3 is 0 Å². The molecule has 1 aromatic rings. The molecule has 1 aromatic heterocycles. The molecule has 1 saturated carbocycles. The van der Waals surface area contributed by atoms with Crippen molar-refractivity contribution in [3.63, 3.8) is 0 Å². The van der Waals surface area contributed by atoms with Gasteiger partial charge in [0.25, 0.3) is 0 Å². The molecule has 1 unspecified atom stereocenters. The minimum atomic E-state index is 0.218. The van der Waals surface area contributed by atoms with Gasteiger partial charge < -0.3 is 15.0 Å². The lowest BCUT2D eigenvalue weighted by Gasteiger charge is -2.05. The van der Waals surface area contributed by atoms with E-state index in [9.17, 15) is 0 Å². The fourth-order valence-electron chi connectivity index (χ4n) is 1.60. The Balaban J connectivity index is 1.72. The lowest BCUT2D eigenvalue weighted by molar-refractivity contribution is 0.0689. The van der Waals surface area contributed by atoms with Crippen molar-refractivity contribution in [1.82, 2.24) is 9.55 Å². The molecule has 0 amide bonds. The number of nitrogens with zero attached hydrogens (tertiary/aromatic N) is 2. The topological polar surface area (TPSA) is 53.1 Å². The summed E-state index contributed by atoms with van der Waals surface area (Å²) in [6.45, 7) is 3.60. The molecule has 0 aliphatic heterocycles. The van der Waals surface area contributed by atoms with Crippen LogP contribution in [-0.2, 0) is 17.9 Å². The van der Waals surface area contributed by atoms with E-state index >= 15 is 0 Å². The van der Waals surface area contributed by atoms with Crippen LogP contribution in [0.25, 0.3) is 0 Å². The summed E-state index contributed by atoms with van der Waals surface area (Å²) < 4.78 is 7.57. The maximum absolute atomic E-state index is 5.88. The summed E-state index contributed by atoms with van der Waals surface area (Å²) in [7, 11) is 0.